The molecule has 0 spiro atoms. The SMILES string of the molecule is CC(C)C(=O)c1ccc2c(c1)C(C)(C)CCC2. The smallest absolute Gasteiger partial charge is 0.165 e. The van der Waals surface area contributed by atoms with E-state index in [-0.39, 0.29) is 17.1 Å². The van der Waals surface area contributed by atoms with E-state index >= 15 is 0 Å². The van der Waals surface area contributed by atoms with Gasteiger partial charge >= 0.3 is 0 Å². The van der Waals surface area contributed by atoms with Gasteiger partial charge in [0.2, 0.25) is 0 Å². The molecule has 0 radical (unpaired) electrons. The van der Waals surface area contributed by atoms with Crippen molar-refractivity contribution < 1.29 is 4.79 Å². The van der Waals surface area contributed by atoms with E-state index in [9.17, 15) is 4.79 Å². The second-order valence-electron chi connectivity index (χ2n) is 6.13. The van der Waals surface area contributed by atoms with Gasteiger partial charge in [-0.25, -0.2) is 0 Å². The minimum absolute atomic E-state index is 0.0831. The summed E-state index contributed by atoms with van der Waals surface area (Å²) in [6.07, 6.45) is 3.64. The highest BCUT2D eigenvalue weighted by molar-refractivity contribution is 5.97. The number of hydrogen-bond acceptors (Lipinski definition) is 1. The highest BCUT2D eigenvalue weighted by Gasteiger charge is 2.28. The van der Waals surface area contributed by atoms with E-state index in [1.54, 1.807) is 0 Å². The lowest BCUT2D eigenvalue weighted by molar-refractivity contribution is 0.0939. The Bertz CT molecular complexity index is 441. The summed E-state index contributed by atoms with van der Waals surface area (Å²) < 4.78 is 0. The maximum atomic E-state index is 12.0. The molecule has 0 aliphatic heterocycles. The molecule has 1 heteroatoms. The second-order valence-corrected chi connectivity index (χ2v) is 6.13. The van der Waals surface area contributed by atoms with Crippen molar-refractivity contribution in [3.05, 3.63) is 34.9 Å². The van der Waals surface area contributed by atoms with Gasteiger partial charge in [0.1, 0.15) is 0 Å². The molecule has 0 heterocycles. The number of carbonyl (C=O) groups is 1. The monoisotopic (exact) mass is 230 g/mol. The lowest BCUT2D eigenvalue weighted by Crippen LogP contribution is -2.24. The molecule has 0 bridgehead atoms. The van der Waals surface area contributed by atoms with Crippen molar-refractivity contribution in [2.45, 2.75) is 52.4 Å². The van der Waals surface area contributed by atoms with E-state index in [1.165, 1.54) is 24.0 Å². The largest absolute Gasteiger partial charge is 0.294 e. The van der Waals surface area contributed by atoms with Gasteiger partial charge in [-0.1, -0.05) is 39.8 Å². The zero-order valence-corrected chi connectivity index (χ0v) is 11.3. The molecule has 0 unspecified atom stereocenters. The number of rotatable bonds is 2. The maximum absolute atomic E-state index is 12.0. The molecule has 0 saturated heterocycles. The zero-order valence-electron chi connectivity index (χ0n) is 11.3. The lowest BCUT2D eigenvalue weighted by Gasteiger charge is -2.33. The fourth-order valence-electron chi connectivity index (χ4n) is 2.77. The number of Topliss-reactive ketones (excluding diaryl/α,β-unsaturated/α-hetero) is 1. The first-order chi connectivity index (χ1) is 7.92. The van der Waals surface area contributed by atoms with Crippen molar-refractivity contribution in [2.75, 3.05) is 0 Å². The van der Waals surface area contributed by atoms with E-state index in [0.29, 0.717) is 0 Å². The molecule has 0 atom stereocenters. The van der Waals surface area contributed by atoms with Crippen molar-refractivity contribution in [1.82, 2.24) is 0 Å². The van der Waals surface area contributed by atoms with Crippen molar-refractivity contribution in [2.24, 2.45) is 5.92 Å². The number of ketones is 1. The summed E-state index contributed by atoms with van der Waals surface area (Å²) in [7, 11) is 0. The Morgan fingerprint density at radius 3 is 2.65 bits per heavy atom. The predicted molar refractivity (Wildman–Crippen MR) is 71.6 cm³/mol. The Kier molecular flexibility index (Phi) is 3.11. The van der Waals surface area contributed by atoms with E-state index in [1.807, 2.05) is 19.9 Å². The Labute approximate surface area is 104 Å². The van der Waals surface area contributed by atoms with Gasteiger partial charge in [0.15, 0.2) is 5.78 Å². The highest BCUT2D eigenvalue weighted by atomic mass is 16.1. The van der Waals surface area contributed by atoms with Crippen LogP contribution in [-0.2, 0) is 11.8 Å². The van der Waals surface area contributed by atoms with Gasteiger partial charge in [0.05, 0.1) is 0 Å². The topological polar surface area (TPSA) is 17.1 Å². The van der Waals surface area contributed by atoms with Crippen molar-refractivity contribution in [3.8, 4) is 0 Å². The average Bonchev–Trinajstić information content (AvgIpc) is 2.27. The number of carbonyl (C=O) groups excluding carboxylic acids is 1. The molecular weight excluding hydrogens is 208 g/mol. The normalized spacial score (nSPS) is 17.9. The Balaban J connectivity index is 2.45. The Hall–Kier alpha value is -1.11. The number of benzene rings is 1. The maximum Gasteiger partial charge on any atom is 0.165 e. The fraction of sp³-hybridized carbons (Fsp3) is 0.562. The minimum atomic E-state index is 0.0831. The molecule has 0 amide bonds. The summed E-state index contributed by atoms with van der Waals surface area (Å²) in [6, 6.07) is 6.30. The van der Waals surface area contributed by atoms with Gasteiger partial charge < -0.3 is 0 Å². The van der Waals surface area contributed by atoms with Crippen molar-refractivity contribution in [3.63, 3.8) is 0 Å². The van der Waals surface area contributed by atoms with Crippen LogP contribution in [0, 0.1) is 5.92 Å². The van der Waals surface area contributed by atoms with Crippen LogP contribution in [0.3, 0.4) is 0 Å². The molecule has 1 aromatic carbocycles. The van der Waals surface area contributed by atoms with Gasteiger partial charge in [-0.3, -0.25) is 4.79 Å². The van der Waals surface area contributed by atoms with Crippen LogP contribution in [0.5, 0.6) is 0 Å². The summed E-state index contributed by atoms with van der Waals surface area (Å²) >= 11 is 0. The molecular formula is C16H22O. The van der Waals surface area contributed by atoms with E-state index in [4.69, 9.17) is 0 Å². The third kappa shape index (κ3) is 2.29. The van der Waals surface area contributed by atoms with Crippen LogP contribution in [-0.4, -0.2) is 5.78 Å². The van der Waals surface area contributed by atoms with E-state index in [2.05, 4.69) is 26.0 Å². The minimum Gasteiger partial charge on any atom is -0.294 e. The lowest BCUT2D eigenvalue weighted by atomic mass is 9.72. The van der Waals surface area contributed by atoms with E-state index < -0.39 is 0 Å². The third-order valence-corrected chi connectivity index (χ3v) is 3.90. The van der Waals surface area contributed by atoms with Gasteiger partial charge in [0, 0.05) is 11.5 Å². The molecule has 0 fully saturated rings. The summed E-state index contributed by atoms with van der Waals surface area (Å²) in [6.45, 7) is 8.50. The van der Waals surface area contributed by atoms with Crippen LogP contribution < -0.4 is 0 Å². The molecule has 1 aromatic rings. The van der Waals surface area contributed by atoms with Crippen LogP contribution >= 0.6 is 0 Å². The summed E-state index contributed by atoms with van der Waals surface area (Å²) in [5, 5.41) is 0. The van der Waals surface area contributed by atoms with Gasteiger partial charge in [-0.05, 0) is 41.9 Å². The Morgan fingerprint density at radius 1 is 1.29 bits per heavy atom. The predicted octanol–water partition coefficient (Wildman–Crippen LogP) is 4.14. The molecule has 1 nitrogen and oxygen atoms in total. The molecule has 0 saturated carbocycles. The second kappa shape index (κ2) is 4.29. The summed E-state index contributed by atoms with van der Waals surface area (Å²) in [4.78, 5) is 12.0. The number of hydrogen-bond donors (Lipinski definition) is 0. The Morgan fingerprint density at radius 2 is 2.00 bits per heavy atom. The number of aryl methyl sites for hydroxylation is 1. The first-order valence-electron chi connectivity index (χ1n) is 6.59. The van der Waals surface area contributed by atoms with E-state index in [0.717, 1.165) is 12.0 Å². The highest BCUT2D eigenvalue weighted by Crippen LogP contribution is 2.37. The van der Waals surface area contributed by atoms with Gasteiger partial charge in [0.25, 0.3) is 0 Å². The van der Waals surface area contributed by atoms with Gasteiger partial charge in [-0.2, -0.15) is 0 Å². The summed E-state index contributed by atoms with van der Waals surface area (Å²) in [5.74, 6) is 0.342. The molecule has 1 aliphatic carbocycles. The first kappa shape index (κ1) is 12.3. The van der Waals surface area contributed by atoms with Crippen molar-refractivity contribution >= 4 is 5.78 Å². The van der Waals surface area contributed by atoms with Crippen LogP contribution in [0.25, 0.3) is 0 Å². The van der Waals surface area contributed by atoms with Crippen LogP contribution in [0.1, 0.15) is 62.0 Å². The van der Waals surface area contributed by atoms with Crippen LogP contribution in [0.4, 0.5) is 0 Å². The van der Waals surface area contributed by atoms with Crippen LogP contribution in [0.2, 0.25) is 0 Å². The van der Waals surface area contributed by atoms with Crippen molar-refractivity contribution in [1.29, 1.82) is 0 Å². The first-order valence-corrected chi connectivity index (χ1v) is 6.59. The molecule has 2 rings (SSSR count). The standard InChI is InChI=1S/C16H22O/c1-11(2)15(17)13-8-7-12-6-5-9-16(3,4)14(12)10-13/h7-8,10-11H,5-6,9H2,1-4H3. The molecule has 92 valence electrons. The zero-order chi connectivity index (χ0) is 12.6. The van der Waals surface area contributed by atoms with Gasteiger partial charge in [-0.15, -0.1) is 0 Å². The average molecular weight is 230 g/mol. The molecule has 0 N–H and O–H groups in total. The molecule has 0 aromatic heterocycles. The molecule has 17 heavy (non-hydrogen) atoms. The summed E-state index contributed by atoms with van der Waals surface area (Å²) in [5.41, 5.74) is 3.92. The number of fused-ring (bicyclic) bond motifs is 1. The molecule has 1 aliphatic rings. The third-order valence-electron chi connectivity index (χ3n) is 3.90. The fourth-order valence-corrected chi connectivity index (χ4v) is 2.77. The van der Waals surface area contributed by atoms with Crippen LogP contribution in [0.15, 0.2) is 18.2 Å². The quantitative estimate of drug-likeness (QED) is 0.698.